The van der Waals surface area contributed by atoms with Crippen molar-refractivity contribution in [3.63, 3.8) is 0 Å². The van der Waals surface area contributed by atoms with Crippen LogP contribution < -0.4 is 14.4 Å². The number of rotatable bonds is 7. The Morgan fingerprint density at radius 3 is 2.31 bits per heavy atom. The summed E-state index contributed by atoms with van der Waals surface area (Å²) in [5.74, 6) is -0.0795. The lowest BCUT2D eigenvalue weighted by atomic mass is 10.2. The van der Waals surface area contributed by atoms with Gasteiger partial charge in [0.05, 0.1) is 22.7 Å². The number of hydrogen-bond donors (Lipinski definition) is 1. The van der Waals surface area contributed by atoms with Gasteiger partial charge in [-0.2, -0.15) is 0 Å². The van der Waals surface area contributed by atoms with Crippen LogP contribution in [-0.4, -0.2) is 28.0 Å². The number of carbonyl (C=O) groups is 1. The van der Waals surface area contributed by atoms with Gasteiger partial charge < -0.3 is 10.1 Å². The molecule has 0 saturated carbocycles. The molecule has 3 aromatic rings. The van der Waals surface area contributed by atoms with Crippen LogP contribution in [-0.2, 0) is 14.8 Å². The number of ether oxygens (including phenoxy) is 1. The molecular formula is C23H22Cl2N2O4S. The Labute approximate surface area is 197 Å². The molecule has 0 aliphatic carbocycles. The summed E-state index contributed by atoms with van der Waals surface area (Å²) in [4.78, 5) is 12.9. The van der Waals surface area contributed by atoms with Gasteiger partial charge >= 0.3 is 0 Å². The fourth-order valence-corrected chi connectivity index (χ4v) is 4.96. The maximum absolute atomic E-state index is 13.5. The van der Waals surface area contributed by atoms with Crippen LogP contribution in [0.15, 0.2) is 65.6 Å². The Hall–Kier alpha value is -2.74. The smallest absolute Gasteiger partial charge is 0.264 e. The molecule has 0 bridgehead atoms. The Kier molecular flexibility index (Phi) is 7.33. The number of sulfonamides is 1. The van der Waals surface area contributed by atoms with Crippen molar-refractivity contribution in [1.82, 2.24) is 0 Å². The van der Waals surface area contributed by atoms with Crippen molar-refractivity contribution in [1.29, 1.82) is 0 Å². The molecule has 1 N–H and O–H groups in total. The monoisotopic (exact) mass is 492 g/mol. The average molecular weight is 493 g/mol. The highest BCUT2D eigenvalue weighted by molar-refractivity contribution is 7.92. The minimum atomic E-state index is -4.05. The van der Waals surface area contributed by atoms with Gasteiger partial charge in [-0.05, 0) is 61.9 Å². The summed E-state index contributed by atoms with van der Waals surface area (Å²) in [7, 11) is -2.56. The van der Waals surface area contributed by atoms with Gasteiger partial charge in [-0.15, -0.1) is 0 Å². The molecule has 0 atom stereocenters. The van der Waals surface area contributed by atoms with E-state index in [1.54, 1.807) is 43.3 Å². The fourth-order valence-electron chi connectivity index (χ4n) is 3.06. The molecule has 0 saturated heterocycles. The fraction of sp³-hybridized carbons (Fsp3) is 0.174. The Bertz CT molecular complexity index is 1250. The molecule has 6 nitrogen and oxygen atoms in total. The number of hydrogen-bond acceptors (Lipinski definition) is 4. The minimum Gasteiger partial charge on any atom is -0.495 e. The van der Waals surface area contributed by atoms with Gasteiger partial charge in [-0.1, -0.05) is 47.0 Å². The number of nitrogens with one attached hydrogen (secondary N) is 1. The van der Waals surface area contributed by atoms with Crippen LogP contribution in [0.4, 0.5) is 11.4 Å². The number of carbonyl (C=O) groups excluding carboxylic acids is 1. The van der Waals surface area contributed by atoms with E-state index >= 15 is 0 Å². The summed E-state index contributed by atoms with van der Waals surface area (Å²) < 4.78 is 33.2. The Morgan fingerprint density at radius 2 is 1.69 bits per heavy atom. The molecule has 168 valence electrons. The maximum atomic E-state index is 13.5. The third kappa shape index (κ3) is 5.35. The summed E-state index contributed by atoms with van der Waals surface area (Å²) in [6.45, 7) is 3.16. The van der Waals surface area contributed by atoms with Crippen LogP contribution in [0.3, 0.4) is 0 Å². The van der Waals surface area contributed by atoms with E-state index in [1.807, 2.05) is 6.92 Å². The van der Waals surface area contributed by atoms with Crippen molar-refractivity contribution >= 4 is 50.5 Å². The molecule has 0 spiro atoms. The number of anilines is 2. The molecule has 32 heavy (non-hydrogen) atoms. The minimum absolute atomic E-state index is 0.0720. The standard InChI is InChI=1S/C23H22Cl2N2O4S/c1-15-4-9-19(10-5-15)32(29,30)27(21-12-17(24)7-6-16(21)2)14-23(28)26-18-8-11-22(31-3)20(25)13-18/h4-13H,14H2,1-3H3,(H,26,28). The van der Waals surface area contributed by atoms with Crippen LogP contribution in [0.1, 0.15) is 11.1 Å². The number of methoxy groups -OCH3 is 1. The molecule has 3 aromatic carbocycles. The van der Waals surface area contributed by atoms with Crippen molar-refractivity contribution in [2.24, 2.45) is 0 Å². The normalized spacial score (nSPS) is 11.2. The second-order valence-corrected chi connectivity index (χ2v) is 9.86. The molecule has 9 heteroatoms. The first kappa shape index (κ1) is 23.9. The van der Waals surface area contributed by atoms with Crippen molar-refractivity contribution in [3.8, 4) is 5.75 Å². The van der Waals surface area contributed by atoms with E-state index in [-0.39, 0.29) is 4.90 Å². The zero-order valence-electron chi connectivity index (χ0n) is 17.7. The molecule has 1 amide bonds. The zero-order valence-corrected chi connectivity index (χ0v) is 20.1. The highest BCUT2D eigenvalue weighted by Gasteiger charge is 2.28. The van der Waals surface area contributed by atoms with Crippen LogP contribution >= 0.6 is 23.2 Å². The van der Waals surface area contributed by atoms with Crippen molar-refractivity contribution in [2.75, 3.05) is 23.3 Å². The lowest BCUT2D eigenvalue weighted by Crippen LogP contribution is -2.38. The molecule has 0 unspecified atom stereocenters. The first-order valence-electron chi connectivity index (χ1n) is 9.61. The van der Waals surface area contributed by atoms with Crippen molar-refractivity contribution < 1.29 is 17.9 Å². The summed E-state index contributed by atoms with van der Waals surface area (Å²) in [6.07, 6.45) is 0. The van der Waals surface area contributed by atoms with Crippen LogP contribution in [0.25, 0.3) is 0 Å². The number of nitrogens with zero attached hydrogens (tertiary/aromatic N) is 1. The first-order chi connectivity index (χ1) is 15.1. The summed E-state index contributed by atoms with van der Waals surface area (Å²) in [6, 6.07) is 16.1. The SMILES string of the molecule is COc1ccc(NC(=O)CN(c2cc(Cl)ccc2C)S(=O)(=O)c2ccc(C)cc2)cc1Cl. The van der Waals surface area contributed by atoms with Gasteiger partial charge in [-0.3, -0.25) is 9.10 Å². The van der Waals surface area contributed by atoms with E-state index in [9.17, 15) is 13.2 Å². The molecule has 0 aromatic heterocycles. The van der Waals surface area contributed by atoms with Crippen molar-refractivity contribution in [3.05, 3.63) is 81.8 Å². The second kappa shape index (κ2) is 9.81. The molecule has 3 rings (SSSR count). The lowest BCUT2D eigenvalue weighted by Gasteiger charge is -2.26. The van der Waals surface area contributed by atoms with Crippen LogP contribution in [0, 0.1) is 13.8 Å². The number of halogens is 2. The van der Waals surface area contributed by atoms with E-state index in [2.05, 4.69) is 5.32 Å². The molecule has 0 aliphatic heterocycles. The Morgan fingerprint density at radius 1 is 1.00 bits per heavy atom. The van der Waals surface area contributed by atoms with E-state index < -0.39 is 22.5 Å². The third-order valence-corrected chi connectivity index (χ3v) is 7.08. The van der Waals surface area contributed by atoms with E-state index in [4.69, 9.17) is 27.9 Å². The van der Waals surface area contributed by atoms with E-state index in [0.29, 0.717) is 32.7 Å². The molecule has 0 radical (unpaired) electrons. The zero-order chi connectivity index (χ0) is 23.5. The predicted octanol–water partition coefficient (Wildman–Crippen LogP) is 5.45. The molecule has 0 heterocycles. The number of aryl methyl sites for hydroxylation is 2. The third-order valence-electron chi connectivity index (χ3n) is 4.77. The highest BCUT2D eigenvalue weighted by Crippen LogP contribution is 2.30. The van der Waals surface area contributed by atoms with Crippen LogP contribution in [0.5, 0.6) is 5.75 Å². The van der Waals surface area contributed by atoms with E-state index in [0.717, 1.165) is 9.87 Å². The van der Waals surface area contributed by atoms with E-state index in [1.165, 1.54) is 31.4 Å². The van der Waals surface area contributed by atoms with Gasteiger partial charge in [0.25, 0.3) is 10.0 Å². The van der Waals surface area contributed by atoms with Gasteiger partial charge in [0.15, 0.2) is 0 Å². The molecule has 0 fully saturated rings. The molecular weight excluding hydrogens is 471 g/mol. The lowest BCUT2D eigenvalue weighted by molar-refractivity contribution is -0.114. The van der Waals surface area contributed by atoms with Gasteiger partial charge in [0.1, 0.15) is 12.3 Å². The maximum Gasteiger partial charge on any atom is 0.264 e. The topological polar surface area (TPSA) is 75.7 Å². The Balaban J connectivity index is 1.97. The van der Waals surface area contributed by atoms with Gasteiger partial charge in [0.2, 0.25) is 5.91 Å². The highest BCUT2D eigenvalue weighted by atomic mass is 35.5. The summed E-state index contributed by atoms with van der Waals surface area (Å²) in [5, 5.41) is 3.36. The van der Waals surface area contributed by atoms with Gasteiger partial charge in [0, 0.05) is 10.7 Å². The summed E-state index contributed by atoms with van der Waals surface area (Å²) in [5.41, 5.74) is 2.31. The summed E-state index contributed by atoms with van der Waals surface area (Å²) >= 11 is 12.3. The molecule has 0 aliphatic rings. The van der Waals surface area contributed by atoms with Crippen LogP contribution in [0.2, 0.25) is 10.0 Å². The number of amides is 1. The van der Waals surface area contributed by atoms with Gasteiger partial charge in [-0.25, -0.2) is 8.42 Å². The second-order valence-electron chi connectivity index (χ2n) is 7.15. The predicted molar refractivity (Wildman–Crippen MR) is 129 cm³/mol. The largest absolute Gasteiger partial charge is 0.495 e. The number of benzene rings is 3. The average Bonchev–Trinajstić information content (AvgIpc) is 2.74. The first-order valence-corrected chi connectivity index (χ1v) is 11.8. The quantitative estimate of drug-likeness (QED) is 0.475. The van der Waals surface area contributed by atoms with Crippen molar-refractivity contribution in [2.45, 2.75) is 18.7 Å².